The van der Waals surface area contributed by atoms with Gasteiger partial charge in [-0.25, -0.2) is 8.42 Å². The van der Waals surface area contributed by atoms with Crippen LogP contribution in [0.2, 0.25) is 0 Å². The van der Waals surface area contributed by atoms with Gasteiger partial charge in [-0.05, 0) is 62.2 Å². The molecule has 8 heteroatoms. The molecule has 2 aromatic rings. The molecule has 0 fully saturated rings. The Balaban J connectivity index is 1.99. The summed E-state index contributed by atoms with van der Waals surface area (Å²) in [6.07, 6.45) is 1.10. The molecule has 0 aliphatic heterocycles. The first-order valence-corrected chi connectivity index (χ1v) is 11.1. The minimum atomic E-state index is -3.62. The normalized spacial score (nSPS) is 12.2. The van der Waals surface area contributed by atoms with Crippen LogP contribution in [0.5, 0.6) is 11.5 Å². The molecule has 0 aromatic heterocycles. The Morgan fingerprint density at radius 2 is 1.72 bits per heavy atom. The van der Waals surface area contributed by atoms with Crippen LogP contribution in [-0.4, -0.2) is 46.9 Å². The Kier molecular flexibility index (Phi) is 7.50. The molecule has 0 saturated heterocycles. The lowest BCUT2D eigenvalue weighted by Gasteiger charge is -2.25. The van der Waals surface area contributed by atoms with Crippen LogP contribution >= 0.6 is 0 Å². The number of methoxy groups -OCH3 is 1. The Morgan fingerprint density at radius 3 is 2.31 bits per heavy atom. The van der Waals surface area contributed by atoms with Crippen molar-refractivity contribution in [2.24, 2.45) is 0 Å². The van der Waals surface area contributed by atoms with Crippen molar-refractivity contribution in [1.82, 2.24) is 5.32 Å². The number of benzene rings is 2. The summed E-state index contributed by atoms with van der Waals surface area (Å²) in [4.78, 5) is 12.5. The van der Waals surface area contributed by atoms with Crippen molar-refractivity contribution in [1.29, 1.82) is 0 Å². The van der Waals surface area contributed by atoms with E-state index < -0.39 is 15.9 Å². The lowest BCUT2D eigenvalue weighted by atomic mass is 10.1. The summed E-state index contributed by atoms with van der Waals surface area (Å²) in [5.41, 5.74) is 2.28. The zero-order valence-corrected chi connectivity index (χ0v) is 18.2. The first-order chi connectivity index (χ1) is 13.6. The lowest BCUT2D eigenvalue weighted by molar-refractivity contribution is -0.120. The van der Waals surface area contributed by atoms with Gasteiger partial charge in [-0.1, -0.05) is 12.1 Å². The van der Waals surface area contributed by atoms with Crippen LogP contribution in [-0.2, 0) is 14.8 Å². The molecule has 1 amide bonds. The van der Waals surface area contributed by atoms with Crippen molar-refractivity contribution >= 4 is 21.6 Å². The minimum absolute atomic E-state index is 0.250. The number of anilines is 1. The van der Waals surface area contributed by atoms with Gasteiger partial charge in [-0.3, -0.25) is 9.10 Å². The molecule has 1 N–H and O–H groups in total. The monoisotopic (exact) mass is 420 g/mol. The number of hydrogen-bond acceptors (Lipinski definition) is 5. The summed E-state index contributed by atoms with van der Waals surface area (Å²) in [7, 11) is -2.03. The Labute approximate surface area is 172 Å². The van der Waals surface area contributed by atoms with Crippen LogP contribution in [0.15, 0.2) is 42.5 Å². The fraction of sp³-hybridized carbons (Fsp3) is 0.381. The predicted molar refractivity (Wildman–Crippen MR) is 114 cm³/mol. The molecule has 2 rings (SSSR count). The van der Waals surface area contributed by atoms with E-state index in [-0.39, 0.29) is 19.2 Å². The predicted octanol–water partition coefficient (Wildman–Crippen LogP) is 2.66. The topological polar surface area (TPSA) is 84.9 Å². The van der Waals surface area contributed by atoms with Crippen molar-refractivity contribution in [2.75, 3.05) is 30.8 Å². The number of amides is 1. The molecular weight excluding hydrogens is 392 g/mol. The van der Waals surface area contributed by atoms with Crippen molar-refractivity contribution in [3.8, 4) is 11.5 Å². The summed E-state index contributed by atoms with van der Waals surface area (Å²) in [5, 5.41) is 2.78. The van der Waals surface area contributed by atoms with Gasteiger partial charge in [0.05, 0.1) is 25.1 Å². The number of aryl methyl sites for hydroxylation is 1. The second kappa shape index (κ2) is 9.65. The minimum Gasteiger partial charge on any atom is -0.497 e. The van der Waals surface area contributed by atoms with E-state index in [1.165, 1.54) is 0 Å². The average Bonchev–Trinajstić information content (AvgIpc) is 2.66. The second-order valence-corrected chi connectivity index (χ2v) is 8.85. The third-order valence-corrected chi connectivity index (χ3v) is 5.63. The number of ether oxygens (including phenoxy) is 2. The summed E-state index contributed by atoms with van der Waals surface area (Å²) < 4.78 is 36.5. The van der Waals surface area contributed by atoms with E-state index in [1.54, 1.807) is 50.4 Å². The molecule has 29 heavy (non-hydrogen) atoms. The number of sulfonamides is 1. The zero-order valence-electron chi connectivity index (χ0n) is 17.4. The molecule has 1 atom stereocenters. The highest BCUT2D eigenvalue weighted by Crippen LogP contribution is 2.24. The molecule has 0 aliphatic rings. The number of hydrogen-bond donors (Lipinski definition) is 1. The largest absolute Gasteiger partial charge is 0.497 e. The number of rotatable bonds is 9. The molecule has 2 aromatic carbocycles. The number of carbonyl (C=O) groups excluding carboxylic acids is 1. The van der Waals surface area contributed by atoms with E-state index in [2.05, 4.69) is 5.32 Å². The van der Waals surface area contributed by atoms with Gasteiger partial charge in [-0.15, -0.1) is 0 Å². The lowest BCUT2D eigenvalue weighted by Crippen LogP contribution is -2.45. The highest BCUT2D eigenvalue weighted by atomic mass is 32.2. The molecule has 0 bridgehead atoms. The fourth-order valence-electron chi connectivity index (χ4n) is 2.77. The average molecular weight is 421 g/mol. The molecule has 0 spiro atoms. The molecular formula is C21H28N2O5S. The van der Waals surface area contributed by atoms with Crippen molar-refractivity contribution < 1.29 is 22.7 Å². The first kappa shape index (κ1) is 22.5. The molecule has 1 unspecified atom stereocenters. The third-order valence-electron chi connectivity index (χ3n) is 4.50. The molecule has 0 radical (unpaired) electrons. The SMILES string of the molecule is COc1ccc(OCC(C)NC(=O)CN(c2cccc(C)c2C)S(C)(=O)=O)cc1. The summed E-state index contributed by atoms with van der Waals surface area (Å²) in [6.45, 7) is 5.49. The second-order valence-electron chi connectivity index (χ2n) is 6.94. The fourth-order valence-corrected chi connectivity index (χ4v) is 3.68. The van der Waals surface area contributed by atoms with E-state index in [1.807, 2.05) is 19.9 Å². The van der Waals surface area contributed by atoms with Crippen LogP contribution < -0.4 is 19.1 Å². The van der Waals surface area contributed by atoms with Gasteiger partial charge in [0, 0.05) is 0 Å². The Bertz CT molecular complexity index is 942. The molecule has 0 aliphatic carbocycles. The van der Waals surface area contributed by atoms with Crippen LogP contribution in [0.3, 0.4) is 0 Å². The molecule has 0 saturated carbocycles. The maximum Gasteiger partial charge on any atom is 0.241 e. The van der Waals surface area contributed by atoms with Crippen LogP contribution in [0.25, 0.3) is 0 Å². The van der Waals surface area contributed by atoms with Crippen LogP contribution in [0.4, 0.5) is 5.69 Å². The quantitative estimate of drug-likeness (QED) is 0.674. The van der Waals surface area contributed by atoms with Crippen LogP contribution in [0, 0.1) is 13.8 Å². The highest BCUT2D eigenvalue weighted by Gasteiger charge is 2.23. The van der Waals surface area contributed by atoms with Gasteiger partial charge in [0.2, 0.25) is 15.9 Å². The van der Waals surface area contributed by atoms with Crippen molar-refractivity contribution in [3.63, 3.8) is 0 Å². The number of nitrogens with one attached hydrogen (secondary N) is 1. The summed E-state index contributed by atoms with van der Waals surface area (Å²) in [6, 6.07) is 12.2. The van der Waals surface area contributed by atoms with Gasteiger partial charge >= 0.3 is 0 Å². The maximum absolute atomic E-state index is 12.5. The maximum atomic E-state index is 12.5. The molecule has 0 heterocycles. The van der Waals surface area contributed by atoms with Gasteiger partial charge in [-0.2, -0.15) is 0 Å². The van der Waals surface area contributed by atoms with E-state index in [0.29, 0.717) is 11.4 Å². The van der Waals surface area contributed by atoms with E-state index >= 15 is 0 Å². The highest BCUT2D eigenvalue weighted by molar-refractivity contribution is 7.92. The zero-order chi connectivity index (χ0) is 21.6. The smallest absolute Gasteiger partial charge is 0.241 e. The van der Waals surface area contributed by atoms with E-state index in [4.69, 9.17) is 9.47 Å². The van der Waals surface area contributed by atoms with Gasteiger partial charge in [0.25, 0.3) is 0 Å². The Morgan fingerprint density at radius 1 is 1.10 bits per heavy atom. The summed E-state index contributed by atoms with van der Waals surface area (Å²) in [5.74, 6) is 0.980. The first-order valence-electron chi connectivity index (χ1n) is 9.22. The third kappa shape index (κ3) is 6.39. The molecule has 7 nitrogen and oxygen atoms in total. The number of carbonyl (C=O) groups is 1. The molecule has 158 valence electrons. The van der Waals surface area contributed by atoms with Crippen molar-refractivity contribution in [2.45, 2.75) is 26.8 Å². The number of nitrogens with zero attached hydrogens (tertiary/aromatic N) is 1. The van der Waals surface area contributed by atoms with E-state index in [0.717, 1.165) is 27.4 Å². The van der Waals surface area contributed by atoms with Gasteiger partial charge in [0.1, 0.15) is 24.7 Å². The van der Waals surface area contributed by atoms with Crippen LogP contribution in [0.1, 0.15) is 18.1 Å². The van der Waals surface area contributed by atoms with Crippen molar-refractivity contribution in [3.05, 3.63) is 53.6 Å². The Hall–Kier alpha value is -2.74. The standard InChI is InChI=1S/C21H28N2O5S/c1-15-7-6-8-20(17(15)3)23(29(5,25)26)13-21(24)22-16(2)14-28-19-11-9-18(27-4)10-12-19/h6-12,16H,13-14H2,1-5H3,(H,22,24). The summed E-state index contributed by atoms with van der Waals surface area (Å²) >= 11 is 0. The van der Waals surface area contributed by atoms with E-state index in [9.17, 15) is 13.2 Å². The van der Waals surface area contributed by atoms with Gasteiger partial charge in [0.15, 0.2) is 0 Å². The van der Waals surface area contributed by atoms with Gasteiger partial charge < -0.3 is 14.8 Å².